The number of carbonyl (C=O) groups is 2. The molecule has 1 aromatic carbocycles. The van der Waals surface area contributed by atoms with Crippen molar-refractivity contribution >= 4 is 11.9 Å². The molecule has 6 nitrogen and oxygen atoms in total. The van der Waals surface area contributed by atoms with Gasteiger partial charge in [0.05, 0.1) is 5.69 Å². The van der Waals surface area contributed by atoms with Crippen molar-refractivity contribution in [3.63, 3.8) is 0 Å². The number of hydrogen-bond acceptors (Lipinski definition) is 5. The second-order valence-corrected chi connectivity index (χ2v) is 5.34. The summed E-state index contributed by atoms with van der Waals surface area (Å²) in [6, 6.07) is 8.92. The summed E-state index contributed by atoms with van der Waals surface area (Å²) in [4.78, 5) is 26.3. The first-order chi connectivity index (χ1) is 11.0. The molecule has 0 spiro atoms. The molecule has 6 heteroatoms. The number of rotatable bonds is 5. The second kappa shape index (κ2) is 7.09. The van der Waals surface area contributed by atoms with Crippen LogP contribution >= 0.6 is 0 Å². The molecule has 1 aromatic heterocycles. The molecule has 122 valence electrons. The van der Waals surface area contributed by atoms with Crippen LogP contribution in [0.5, 0.6) is 0 Å². The largest absolute Gasteiger partial charge is 0.444 e. The van der Waals surface area contributed by atoms with Crippen molar-refractivity contribution in [2.45, 2.75) is 26.4 Å². The zero-order chi connectivity index (χ0) is 17.0. The first kappa shape index (κ1) is 16.7. The minimum atomic E-state index is -1.00. The molecule has 1 unspecified atom stereocenters. The average Bonchev–Trinajstić information content (AvgIpc) is 2.93. The van der Waals surface area contributed by atoms with Crippen LogP contribution in [0.4, 0.5) is 0 Å². The summed E-state index contributed by atoms with van der Waals surface area (Å²) in [6.45, 7) is 3.52. The van der Waals surface area contributed by atoms with Crippen molar-refractivity contribution in [1.82, 2.24) is 10.1 Å². The molecule has 2 aromatic rings. The summed E-state index contributed by atoms with van der Waals surface area (Å²) in [5, 5.41) is 3.84. The van der Waals surface area contributed by atoms with Gasteiger partial charge in [0.2, 0.25) is 6.10 Å². The van der Waals surface area contributed by atoms with E-state index in [-0.39, 0.29) is 5.91 Å². The lowest BCUT2D eigenvalue weighted by Gasteiger charge is -2.21. The maximum atomic E-state index is 12.5. The summed E-state index contributed by atoms with van der Waals surface area (Å²) < 4.78 is 10.6. The van der Waals surface area contributed by atoms with Crippen LogP contribution in [-0.4, -0.2) is 36.0 Å². The van der Waals surface area contributed by atoms with E-state index in [2.05, 4.69) is 5.16 Å². The van der Waals surface area contributed by atoms with Crippen LogP contribution in [0.15, 0.2) is 34.9 Å². The van der Waals surface area contributed by atoms with Crippen molar-refractivity contribution in [3.8, 4) is 0 Å². The van der Waals surface area contributed by atoms with Gasteiger partial charge in [-0.2, -0.15) is 0 Å². The molecule has 1 heterocycles. The van der Waals surface area contributed by atoms with E-state index >= 15 is 0 Å². The molecule has 1 amide bonds. The molecule has 0 aliphatic rings. The molecule has 0 aliphatic carbocycles. The quantitative estimate of drug-likeness (QED) is 0.793. The summed E-state index contributed by atoms with van der Waals surface area (Å²) >= 11 is 0. The second-order valence-electron chi connectivity index (χ2n) is 5.34. The monoisotopic (exact) mass is 316 g/mol. The molecule has 2 rings (SSSR count). The van der Waals surface area contributed by atoms with E-state index in [0.717, 1.165) is 0 Å². The maximum Gasteiger partial charge on any atom is 0.344 e. The lowest BCUT2D eigenvalue weighted by Crippen LogP contribution is -2.31. The van der Waals surface area contributed by atoms with Gasteiger partial charge < -0.3 is 14.2 Å². The maximum absolute atomic E-state index is 12.5. The molecular formula is C17H20N2O4. The fourth-order valence-electron chi connectivity index (χ4n) is 2.21. The Bertz CT molecular complexity index is 692. The zero-order valence-electron chi connectivity index (χ0n) is 13.7. The van der Waals surface area contributed by atoms with Gasteiger partial charge >= 0.3 is 5.97 Å². The molecule has 1 atom stereocenters. The van der Waals surface area contributed by atoms with E-state index in [4.69, 9.17) is 9.26 Å². The van der Waals surface area contributed by atoms with E-state index in [1.807, 2.05) is 13.0 Å². The van der Waals surface area contributed by atoms with Crippen LogP contribution in [0.3, 0.4) is 0 Å². The molecule has 0 N–H and O–H groups in total. The van der Waals surface area contributed by atoms with Gasteiger partial charge in [0, 0.05) is 19.7 Å². The molecule has 0 aliphatic heterocycles. The molecule has 0 fully saturated rings. The number of likely N-dealkylation sites (N-methyl/N-ethyl adjacent to an activating group) is 1. The predicted octanol–water partition coefficient (Wildman–Crippen LogP) is 2.53. The fourth-order valence-corrected chi connectivity index (χ4v) is 2.21. The number of amides is 1. The number of benzene rings is 1. The topological polar surface area (TPSA) is 72.6 Å². The minimum Gasteiger partial charge on any atom is -0.444 e. The van der Waals surface area contributed by atoms with E-state index in [9.17, 15) is 9.59 Å². The Kier molecular flexibility index (Phi) is 5.16. The lowest BCUT2D eigenvalue weighted by molar-refractivity contribution is -0.138. The third kappa shape index (κ3) is 3.59. The van der Waals surface area contributed by atoms with Gasteiger partial charge in [-0.05, 0) is 13.3 Å². The highest BCUT2D eigenvalue weighted by atomic mass is 16.6. The summed E-state index contributed by atoms with van der Waals surface area (Å²) in [5.41, 5.74) is 1.43. The molecule has 23 heavy (non-hydrogen) atoms. The summed E-state index contributed by atoms with van der Waals surface area (Å²) in [7, 11) is 3.24. The van der Waals surface area contributed by atoms with Crippen LogP contribution in [0, 0.1) is 6.92 Å². The first-order valence-corrected chi connectivity index (χ1v) is 7.38. The molecule has 0 saturated carbocycles. The van der Waals surface area contributed by atoms with Crippen LogP contribution in [-0.2, 0) is 16.0 Å². The molecule has 0 bridgehead atoms. The number of carbonyl (C=O) groups excluding carboxylic acids is 2. The van der Waals surface area contributed by atoms with Crippen molar-refractivity contribution in [2.24, 2.45) is 0 Å². The highest BCUT2D eigenvalue weighted by Gasteiger charge is 2.29. The number of aromatic nitrogens is 1. The first-order valence-electron chi connectivity index (χ1n) is 7.38. The lowest BCUT2D eigenvalue weighted by atomic mass is 10.1. The Morgan fingerprint density at radius 3 is 2.48 bits per heavy atom. The van der Waals surface area contributed by atoms with Crippen molar-refractivity contribution in [1.29, 1.82) is 0 Å². The SMILES string of the molecule is CCc1noc(C)c1C(=O)OC(C(=O)N(C)C)c1ccccc1. The van der Waals surface area contributed by atoms with Gasteiger partial charge in [-0.3, -0.25) is 4.79 Å². The zero-order valence-corrected chi connectivity index (χ0v) is 13.7. The average molecular weight is 316 g/mol. The molecule has 0 radical (unpaired) electrons. The molecule has 0 saturated heterocycles. The smallest absolute Gasteiger partial charge is 0.344 e. The van der Waals surface area contributed by atoms with E-state index < -0.39 is 12.1 Å². The van der Waals surface area contributed by atoms with Crippen molar-refractivity contribution < 1.29 is 18.8 Å². The number of aryl methyl sites for hydroxylation is 2. The van der Waals surface area contributed by atoms with Gasteiger partial charge in [0.1, 0.15) is 11.3 Å². The van der Waals surface area contributed by atoms with Crippen LogP contribution in [0.25, 0.3) is 0 Å². The van der Waals surface area contributed by atoms with E-state index in [1.165, 1.54) is 4.90 Å². The van der Waals surface area contributed by atoms with Crippen LogP contribution in [0.1, 0.15) is 40.4 Å². The normalized spacial score (nSPS) is 11.8. The van der Waals surface area contributed by atoms with Crippen molar-refractivity contribution in [2.75, 3.05) is 14.1 Å². The Balaban J connectivity index is 2.33. The van der Waals surface area contributed by atoms with E-state index in [0.29, 0.717) is 29.0 Å². The summed E-state index contributed by atoms with van der Waals surface area (Å²) in [5.74, 6) is -0.530. The third-order valence-corrected chi connectivity index (χ3v) is 3.46. The van der Waals surface area contributed by atoms with Crippen LogP contribution < -0.4 is 0 Å². The molecular weight excluding hydrogens is 296 g/mol. The Hall–Kier alpha value is -2.63. The van der Waals surface area contributed by atoms with Gasteiger partial charge in [-0.15, -0.1) is 0 Å². The highest BCUT2D eigenvalue weighted by Crippen LogP contribution is 2.23. The van der Waals surface area contributed by atoms with Gasteiger partial charge in [0.25, 0.3) is 5.91 Å². The predicted molar refractivity (Wildman–Crippen MR) is 83.9 cm³/mol. The number of hydrogen-bond donors (Lipinski definition) is 0. The van der Waals surface area contributed by atoms with Gasteiger partial charge in [-0.1, -0.05) is 42.4 Å². The fraction of sp³-hybridized carbons (Fsp3) is 0.353. The Morgan fingerprint density at radius 1 is 1.26 bits per heavy atom. The number of esters is 1. The van der Waals surface area contributed by atoms with Crippen molar-refractivity contribution in [3.05, 3.63) is 52.9 Å². The number of ether oxygens (including phenoxy) is 1. The minimum absolute atomic E-state index is 0.292. The van der Waals surface area contributed by atoms with Crippen LogP contribution in [0.2, 0.25) is 0 Å². The summed E-state index contributed by atoms with van der Waals surface area (Å²) in [6.07, 6.45) is -0.461. The van der Waals surface area contributed by atoms with Gasteiger partial charge in [-0.25, -0.2) is 4.79 Å². The highest BCUT2D eigenvalue weighted by molar-refractivity contribution is 5.94. The van der Waals surface area contributed by atoms with E-state index in [1.54, 1.807) is 45.3 Å². The Labute approximate surface area is 135 Å². The number of nitrogens with zero attached hydrogens (tertiary/aromatic N) is 2. The van der Waals surface area contributed by atoms with Gasteiger partial charge in [0.15, 0.2) is 0 Å². The Morgan fingerprint density at radius 2 is 1.91 bits per heavy atom. The third-order valence-electron chi connectivity index (χ3n) is 3.46. The standard InChI is InChI=1S/C17H20N2O4/c1-5-13-14(11(2)23-18-13)17(21)22-15(16(20)19(3)4)12-9-7-6-8-10-12/h6-10,15H,5H2,1-4H3.